The third-order valence-corrected chi connectivity index (χ3v) is 5.46. The monoisotopic (exact) mass is 491 g/mol. The van der Waals surface area contributed by atoms with Crippen LogP contribution in [0, 0.1) is 0 Å². The number of rotatable bonds is 11. The average Bonchev–Trinajstić information content (AvgIpc) is 2.94. The molecule has 0 spiro atoms. The van der Waals surface area contributed by atoms with Gasteiger partial charge in [0.1, 0.15) is 11.7 Å². The van der Waals surface area contributed by atoms with Crippen LogP contribution in [0.3, 0.4) is 0 Å². The second-order valence-electron chi connectivity index (χ2n) is 8.20. The molecule has 0 bridgehead atoms. The van der Waals surface area contributed by atoms with E-state index >= 15 is 0 Å². The summed E-state index contributed by atoms with van der Waals surface area (Å²) in [6, 6.07) is 22.9. The number of nitrogens with one attached hydrogen (secondary N) is 1. The Bertz CT molecular complexity index is 1370. The van der Waals surface area contributed by atoms with Gasteiger partial charge in [-0.2, -0.15) is 0 Å². The largest absolute Gasteiger partial charge is 0.384 e. The molecule has 0 aliphatic rings. The van der Waals surface area contributed by atoms with Crippen molar-refractivity contribution >= 4 is 23.0 Å². The Morgan fingerprint density at radius 1 is 0.703 bits per heavy atom. The topological polar surface area (TPSA) is 139 Å². The zero-order valence-electron chi connectivity index (χ0n) is 20.4. The summed E-state index contributed by atoms with van der Waals surface area (Å²) in [5.74, 6) is 0.926. The van der Waals surface area contributed by atoms with Crippen molar-refractivity contribution < 1.29 is 0 Å². The van der Waals surface area contributed by atoms with Crippen molar-refractivity contribution in [1.82, 2.24) is 9.97 Å². The lowest BCUT2D eigenvalue weighted by atomic mass is 10.2. The standard InChI is InChI=1S/C28H29N9/c29-27(33-15-11-21-5-3-13-31-19-21)23-7-1-9-25(17-23)35-37-36-26-10-2-8-24(18-26)28(30)34-16-12-22-6-4-14-32-20-22/h1-10,13-14,17-20H,11-12,15-16H2,(H2,29,33)(H2,30,34)(H,35,36). The van der Waals surface area contributed by atoms with Crippen molar-refractivity contribution in [2.75, 3.05) is 18.5 Å². The van der Waals surface area contributed by atoms with Crippen LogP contribution >= 0.6 is 0 Å². The number of aromatic nitrogens is 2. The van der Waals surface area contributed by atoms with Gasteiger partial charge >= 0.3 is 0 Å². The van der Waals surface area contributed by atoms with E-state index < -0.39 is 0 Å². The third kappa shape index (κ3) is 8.07. The molecule has 37 heavy (non-hydrogen) atoms. The number of amidine groups is 2. The van der Waals surface area contributed by atoms with Crippen molar-refractivity contribution in [2.45, 2.75) is 12.8 Å². The lowest BCUT2D eigenvalue weighted by molar-refractivity contribution is 0.956. The van der Waals surface area contributed by atoms with Crippen LogP contribution in [0.15, 0.2) is 118 Å². The number of aliphatic imine (C=N–C) groups is 2. The fourth-order valence-corrected chi connectivity index (χ4v) is 3.50. The number of pyridine rings is 2. The highest BCUT2D eigenvalue weighted by Gasteiger charge is 2.02. The van der Waals surface area contributed by atoms with Crippen molar-refractivity contribution in [3.63, 3.8) is 0 Å². The predicted octanol–water partition coefficient (Wildman–Crippen LogP) is 4.48. The van der Waals surface area contributed by atoms with E-state index in [9.17, 15) is 0 Å². The maximum atomic E-state index is 6.19. The Hall–Kier alpha value is -4.92. The van der Waals surface area contributed by atoms with E-state index in [0.717, 1.165) is 40.8 Å². The minimum absolute atomic E-state index is 0.458. The SMILES string of the molecule is NC(=NCCc1cccnc1)c1cccc(N=NNc2cccc(C(N)=NCCc3cccnc3)c2)c1. The molecule has 9 nitrogen and oxygen atoms in total. The summed E-state index contributed by atoms with van der Waals surface area (Å²) < 4.78 is 0. The van der Waals surface area contributed by atoms with Crippen LogP contribution in [0.25, 0.3) is 0 Å². The van der Waals surface area contributed by atoms with Gasteiger partial charge in [0.05, 0.1) is 11.4 Å². The van der Waals surface area contributed by atoms with Crippen LogP contribution in [-0.4, -0.2) is 34.7 Å². The summed E-state index contributed by atoms with van der Waals surface area (Å²) in [6.45, 7) is 1.16. The highest BCUT2D eigenvalue weighted by atomic mass is 15.4. The Morgan fingerprint density at radius 2 is 1.30 bits per heavy atom. The number of nitrogens with zero attached hydrogens (tertiary/aromatic N) is 6. The molecule has 4 aromatic rings. The Labute approximate surface area is 216 Å². The van der Waals surface area contributed by atoms with E-state index in [1.165, 1.54) is 0 Å². The number of anilines is 1. The van der Waals surface area contributed by atoms with E-state index in [4.69, 9.17) is 11.5 Å². The lowest BCUT2D eigenvalue weighted by Crippen LogP contribution is -2.14. The van der Waals surface area contributed by atoms with E-state index in [1.807, 2.05) is 85.2 Å². The van der Waals surface area contributed by atoms with E-state index in [2.05, 4.69) is 35.7 Å². The molecule has 0 atom stereocenters. The maximum Gasteiger partial charge on any atom is 0.125 e. The maximum absolute atomic E-state index is 6.19. The summed E-state index contributed by atoms with van der Waals surface area (Å²) in [5, 5.41) is 8.37. The van der Waals surface area contributed by atoms with Crippen LogP contribution < -0.4 is 16.9 Å². The molecule has 186 valence electrons. The highest BCUT2D eigenvalue weighted by Crippen LogP contribution is 2.16. The average molecular weight is 492 g/mol. The van der Waals surface area contributed by atoms with Crippen molar-refractivity contribution in [3.8, 4) is 0 Å². The van der Waals surface area contributed by atoms with E-state index in [-0.39, 0.29) is 0 Å². The fourth-order valence-electron chi connectivity index (χ4n) is 3.50. The Kier molecular flexibility index (Phi) is 9.01. The number of benzene rings is 2. The van der Waals surface area contributed by atoms with Gasteiger partial charge in [0.25, 0.3) is 0 Å². The van der Waals surface area contributed by atoms with Gasteiger partial charge in [-0.3, -0.25) is 25.4 Å². The molecule has 2 aromatic carbocycles. The first kappa shape index (κ1) is 25.2. The zero-order chi connectivity index (χ0) is 25.7. The molecule has 0 saturated carbocycles. The lowest BCUT2D eigenvalue weighted by Gasteiger charge is -2.05. The molecule has 0 radical (unpaired) electrons. The number of hydrogen-bond acceptors (Lipinski definition) is 6. The van der Waals surface area contributed by atoms with Crippen molar-refractivity contribution in [3.05, 3.63) is 120 Å². The molecule has 0 fully saturated rings. The molecule has 0 unspecified atom stereocenters. The first-order valence-corrected chi connectivity index (χ1v) is 11.9. The van der Waals surface area contributed by atoms with Crippen molar-refractivity contribution in [1.29, 1.82) is 0 Å². The fraction of sp³-hybridized carbons (Fsp3) is 0.143. The molecule has 2 heterocycles. The molecule has 0 aliphatic carbocycles. The van der Waals surface area contributed by atoms with Crippen LogP contribution in [0.2, 0.25) is 0 Å². The van der Waals surface area contributed by atoms with Gasteiger partial charge in [-0.05, 0) is 60.4 Å². The Morgan fingerprint density at radius 3 is 1.89 bits per heavy atom. The summed E-state index contributed by atoms with van der Waals surface area (Å²) in [5.41, 5.74) is 20.6. The first-order chi connectivity index (χ1) is 18.2. The van der Waals surface area contributed by atoms with Gasteiger partial charge < -0.3 is 11.5 Å². The first-order valence-electron chi connectivity index (χ1n) is 11.9. The van der Waals surface area contributed by atoms with Crippen LogP contribution in [0.1, 0.15) is 22.3 Å². The second-order valence-corrected chi connectivity index (χ2v) is 8.20. The van der Waals surface area contributed by atoms with Crippen LogP contribution in [0.4, 0.5) is 11.4 Å². The van der Waals surface area contributed by atoms with Gasteiger partial charge in [0, 0.05) is 49.0 Å². The van der Waals surface area contributed by atoms with Crippen molar-refractivity contribution in [2.24, 2.45) is 31.8 Å². The van der Waals surface area contributed by atoms with Gasteiger partial charge in [0.15, 0.2) is 0 Å². The molecular formula is C28H29N9. The highest BCUT2D eigenvalue weighted by molar-refractivity contribution is 5.98. The second kappa shape index (κ2) is 13.2. The van der Waals surface area contributed by atoms with Gasteiger partial charge in [0.2, 0.25) is 0 Å². The number of nitrogens with two attached hydrogens (primary N) is 2. The minimum atomic E-state index is 0.458. The normalized spacial score (nSPS) is 12.1. The molecule has 9 heteroatoms. The van der Waals surface area contributed by atoms with Gasteiger partial charge in [-0.25, -0.2) is 0 Å². The smallest absolute Gasteiger partial charge is 0.125 e. The quantitative estimate of drug-likeness (QED) is 0.123. The summed E-state index contributed by atoms with van der Waals surface area (Å²) in [6.07, 6.45) is 8.73. The van der Waals surface area contributed by atoms with Crippen LogP contribution in [-0.2, 0) is 12.8 Å². The molecule has 0 saturated heterocycles. The molecule has 5 N–H and O–H groups in total. The summed E-state index contributed by atoms with van der Waals surface area (Å²) in [4.78, 5) is 17.2. The molecule has 4 rings (SSSR count). The number of hydrogen-bond donors (Lipinski definition) is 3. The molecular weight excluding hydrogens is 462 g/mol. The third-order valence-electron chi connectivity index (χ3n) is 5.46. The van der Waals surface area contributed by atoms with Crippen LogP contribution in [0.5, 0.6) is 0 Å². The van der Waals surface area contributed by atoms with E-state index in [0.29, 0.717) is 30.4 Å². The molecule has 2 aromatic heterocycles. The molecule has 0 amide bonds. The van der Waals surface area contributed by atoms with E-state index in [1.54, 1.807) is 12.4 Å². The Balaban J connectivity index is 1.32. The van der Waals surface area contributed by atoms with Gasteiger partial charge in [-0.1, -0.05) is 41.6 Å². The molecule has 0 aliphatic heterocycles. The predicted molar refractivity (Wildman–Crippen MR) is 148 cm³/mol. The summed E-state index contributed by atoms with van der Waals surface area (Å²) >= 11 is 0. The minimum Gasteiger partial charge on any atom is -0.384 e. The van der Waals surface area contributed by atoms with Gasteiger partial charge in [-0.15, -0.1) is 5.11 Å². The summed E-state index contributed by atoms with van der Waals surface area (Å²) in [7, 11) is 0. The zero-order valence-corrected chi connectivity index (χ0v) is 20.4.